The molecule has 1 aliphatic rings. The Morgan fingerprint density at radius 1 is 1.23 bits per heavy atom. The Hall–Kier alpha value is -2.26. The third kappa shape index (κ3) is 7.21. The van der Waals surface area contributed by atoms with Crippen molar-refractivity contribution in [2.45, 2.75) is 48.8 Å². The number of hydrogen-bond acceptors (Lipinski definition) is 6. The Morgan fingerprint density at radius 3 is 2.73 bits per heavy atom. The normalized spacial score (nSPS) is 14.3. The molecule has 1 fully saturated rings. The number of carboxylic acids is 1. The second-order valence-electron chi connectivity index (χ2n) is 7.10. The molecule has 1 heterocycles. The fraction of sp³-hybridized carbons (Fsp3) is 0.476. The van der Waals surface area contributed by atoms with Gasteiger partial charge >= 0.3 is 12.0 Å². The maximum Gasteiger partial charge on any atom is 0.323 e. The third-order valence-electron chi connectivity index (χ3n) is 4.87. The first kappa shape index (κ1) is 22.4. The minimum absolute atomic E-state index is 0.0226. The standard InChI is InChI=1S/C21H27N3O4S2/c25-18(26)15-29-19-14-22-20(30-19)23-21(27)24(16-8-3-1-4-9-16)12-7-13-28-17-10-5-2-6-11-17/h2,5-6,10-11,14,16H,1,3-4,7-9,12-13,15H2,(H,25,26)(H,22,23,27). The van der Waals surface area contributed by atoms with Gasteiger partial charge in [-0.25, -0.2) is 9.78 Å². The summed E-state index contributed by atoms with van der Waals surface area (Å²) in [6.07, 6.45) is 7.89. The van der Waals surface area contributed by atoms with Crippen LogP contribution < -0.4 is 10.1 Å². The molecule has 30 heavy (non-hydrogen) atoms. The van der Waals surface area contributed by atoms with Crippen LogP contribution in [0.25, 0.3) is 0 Å². The maximum absolute atomic E-state index is 13.0. The molecule has 1 aliphatic carbocycles. The highest BCUT2D eigenvalue weighted by molar-refractivity contribution is 8.01. The molecule has 0 bridgehead atoms. The number of benzene rings is 1. The number of amides is 2. The molecule has 2 amide bonds. The van der Waals surface area contributed by atoms with Gasteiger partial charge in [0.1, 0.15) is 5.75 Å². The highest BCUT2D eigenvalue weighted by Gasteiger charge is 2.25. The minimum atomic E-state index is -0.875. The van der Waals surface area contributed by atoms with E-state index in [1.807, 2.05) is 35.2 Å². The van der Waals surface area contributed by atoms with Crippen molar-refractivity contribution in [3.8, 4) is 5.75 Å². The summed E-state index contributed by atoms with van der Waals surface area (Å²) in [6.45, 7) is 1.17. The van der Waals surface area contributed by atoms with Crippen LogP contribution in [0.3, 0.4) is 0 Å². The summed E-state index contributed by atoms with van der Waals surface area (Å²) in [5, 5.41) is 12.2. The summed E-state index contributed by atoms with van der Waals surface area (Å²) in [7, 11) is 0. The molecule has 7 nitrogen and oxygen atoms in total. The van der Waals surface area contributed by atoms with Crippen LogP contribution in [0, 0.1) is 0 Å². The summed E-state index contributed by atoms with van der Waals surface area (Å²) in [5.74, 6) is -0.0638. The Kier molecular flexibility index (Phi) is 8.82. The van der Waals surface area contributed by atoms with E-state index in [9.17, 15) is 9.59 Å². The predicted molar refractivity (Wildman–Crippen MR) is 120 cm³/mol. The number of rotatable bonds is 10. The van der Waals surface area contributed by atoms with Crippen molar-refractivity contribution in [2.24, 2.45) is 0 Å². The highest BCUT2D eigenvalue weighted by Crippen LogP contribution is 2.29. The molecule has 0 saturated heterocycles. The van der Waals surface area contributed by atoms with Gasteiger partial charge in [-0.2, -0.15) is 0 Å². The van der Waals surface area contributed by atoms with E-state index in [0.717, 1.165) is 42.1 Å². The molecule has 1 aromatic carbocycles. The lowest BCUT2D eigenvalue weighted by molar-refractivity contribution is -0.133. The van der Waals surface area contributed by atoms with Gasteiger partial charge in [-0.15, -0.1) is 11.8 Å². The average molecular weight is 450 g/mol. The number of aromatic nitrogens is 1. The summed E-state index contributed by atoms with van der Waals surface area (Å²) < 4.78 is 6.54. The Labute approximate surface area is 184 Å². The first-order valence-electron chi connectivity index (χ1n) is 10.2. The van der Waals surface area contributed by atoms with E-state index in [0.29, 0.717) is 18.3 Å². The van der Waals surface area contributed by atoms with Gasteiger partial charge in [0.25, 0.3) is 0 Å². The topological polar surface area (TPSA) is 91.8 Å². The molecule has 0 aliphatic heterocycles. The lowest BCUT2D eigenvalue weighted by atomic mass is 9.94. The van der Waals surface area contributed by atoms with Gasteiger partial charge in [-0.05, 0) is 31.4 Å². The molecule has 0 atom stereocenters. The predicted octanol–water partition coefficient (Wildman–Crippen LogP) is 4.96. The Morgan fingerprint density at radius 2 is 2.00 bits per heavy atom. The van der Waals surface area contributed by atoms with Crippen molar-refractivity contribution < 1.29 is 19.4 Å². The molecule has 1 aromatic heterocycles. The molecule has 0 radical (unpaired) electrons. The summed E-state index contributed by atoms with van der Waals surface area (Å²) >= 11 is 2.50. The number of thioether (sulfide) groups is 1. The van der Waals surface area contributed by atoms with Crippen LogP contribution in [-0.2, 0) is 4.79 Å². The monoisotopic (exact) mass is 449 g/mol. The number of aliphatic carboxylic acids is 1. The summed E-state index contributed by atoms with van der Waals surface area (Å²) in [6, 6.07) is 9.76. The van der Waals surface area contributed by atoms with Crippen molar-refractivity contribution in [1.82, 2.24) is 9.88 Å². The van der Waals surface area contributed by atoms with Crippen LogP contribution in [0.4, 0.5) is 9.93 Å². The molecule has 0 unspecified atom stereocenters. The fourth-order valence-electron chi connectivity index (χ4n) is 3.46. The molecule has 1 saturated carbocycles. The van der Waals surface area contributed by atoms with E-state index in [1.165, 1.54) is 29.5 Å². The minimum Gasteiger partial charge on any atom is -0.494 e. The number of anilines is 1. The number of hydrogen-bond donors (Lipinski definition) is 2. The zero-order valence-electron chi connectivity index (χ0n) is 16.8. The molecule has 0 spiro atoms. The van der Waals surface area contributed by atoms with Gasteiger partial charge in [0.15, 0.2) is 5.13 Å². The zero-order chi connectivity index (χ0) is 21.2. The van der Waals surface area contributed by atoms with Gasteiger partial charge in [-0.3, -0.25) is 10.1 Å². The van der Waals surface area contributed by atoms with Crippen LogP contribution in [-0.4, -0.2) is 51.9 Å². The van der Waals surface area contributed by atoms with E-state index in [-0.39, 0.29) is 17.8 Å². The molecular formula is C21H27N3O4S2. The highest BCUT2D eigenvalue weighted by atomic mass is 32.2. The fourth-order valence-corrected chi connectivity index (χ4v) is 5.05. The third-order valence-corrected chi connectivity index (χ3v) is 6.96. The molecule has 2 aromatic rings. The van der Waals surface area contributed by atoms with E-state index < -0.39 is 5.97 Å². The summed E-state index contributed by atoms with van der Waals surface area (Å²) in [5.41, 5.74) is 0. The first-order valence-corrected chi connectivity index (χ1v) is 12.0. The molecule has 162 valence electrons. The van der Waals surface area contributed by atoms with E-state index in [2.05, 4.69) is 10.3 Å². The lowest BCUT2D eigenvalue weighted by Gasteiger charge is -2.34. The molecule has 9 heteroatoms. The van der Waals surface area contributed by atoms with E-state index >= 15 is 0 Å². The Bertz CT molecular complexity index is 810. The van der Waals surface area contributed by atoms with Crippen molar-refractivity contribution in [1.29, 1.82) is 0 Å². The van der Waals surface area contributed by atoms with Gasteiger partial charge in [-0.1, -0.05) is 48.8 Å². The zero-order valence-corrected chi connectivity index (χ0v) is 18.4. The number of carbonyl (C=O) groups excluding carboxylic acids is 1. The number of nitrogens with zero attached hydrogens (tertiary/aromatic N) is 2. The number of carbonyl (C=O) groups is 2. The van der Waals surface area contributed by atoms with Crippen LogP contribution in [0.5, 0.6) is 5.75 Å². The number of nitrogens with one attached hydrogen (secondary N) is 1. The lowest BCUT2D eigenvalue weighted by Crippen LogP contribution is -2.44. The van der Waals surface area contributed by atoms with Crippen molar-refractivity contribution in [2.75, 3.05) is 24.2 Å². The van der Waals surface area contributed by atoms with Crippen LogP contribution in [0.2, 0.25) is 0 Å². The smallest absolute Gasteiger partial charge is 0.323 e. The molecule has 2 N–H and O–H groups in total. The average Bonchev–Trinajstić information content (AvgIpc) is 3.21. The number of urea groups is 1. The number of para-hydroxylation sites is 1. The second-order valence-corrected chi connectivity index (χ2v) is 9.40. The quantitative estimate of drug-likeness (QED) is 0.394. The maximum atomic E-state index is 13.0. The van der Waals surface area contributed by atoms with Crippen molar-refractivity contribution in [3.05, 3.63) is 36.5 Å². The van der Waals surface area contributed by atoms with Gasteiger partial charge < -0.3 is 14.7 Å². The summed E-state index contributed by atoms with van der Waals surface area (Å²) in [4.78, 5) is 29.8. The van der Waals surface area contributed by atoms with Gasteiger partial charge in [0, 0.05) is 12.6 Å². The van der Waals surface area contributed by atoms with E-state index in [1.54, 1.807) is 6.20 Å². The Balaban J connectivity index is 1.54. The number of ether oxygens (including phenoxy) is 1. The van der Waals surface area contributed by atoms with Crippen molar-refractivity contribution >= 4 is 40.2 Å². The van der Waals surface area contributed by atoms with Crippen LogP contribution in [0.15, 0.2) is 40.7 Å². The van der Waals surface area contributed by atoms with Gasteiger partial charge in [0.2, 0.25) is 0 Å². The van der Waals surface area contributed by atoms with Crippen LogP contribution >= 0.6 is 23.1 Å². The second kappa shape index (κ2) is 11.8. The van der Waals surface area contributed by atoms with E-state index in [4.69, 9.17) is 9.84 Å². The number of thiazole rings is 1. The van der Waals surface area contributed by atoms with Crippen molar-refractivity contribution in [3.63, 3.8) is 0 Å². The first-order chi connectivity index (χ1) is 14.6. The van der Waals surface area contributed by atoms with Crippen LogP contribution in [0.1, 0.15) is 38.5 Å². The van der Waals surface area contributed by atoms with Gasteiger partial charge in [0.05, 0.1) is 22.8 Å². The molecular weight excluding hydrogens is 422 g/mol. The SMILES string of the molecule is O=C(O)CSc1cnc(NC(=O)N(CCCOc2ccccc2)C2CCCCC2)s1. The largest absolute Gasteiger partial charge is 0.494 e. The number of carboxylic acid groups (broad SMARTS) is 1. The molecule has 3 rings (SSSR count).